The van der Waals surface area contributed by atoms with Crippen LogP contribution in [0.4, 0.5) is 0 Å². The highest BCUT2D eigenvalue weighted by atomic mass is 35.5. The topological polar surface area (TPSA) is 18.5 Å². The van der Waals surface area contributed by atoms with Crippen LogP contribution in [0.25, 0.3) is 0 Å². The maximum absolute atomic E-state index is 5.97. The Morgan fingerprint density at radius 1 is 1.12 bits per heavy atom. The van der Waals surface area contributed by atoms with E-state index in [4.69, 9.17) is 20.9 Å². The fraction of sp³-hybridized carbons (Fsp3) is 0.462. The Morgan fingerprint density at radius 2 is 1.65 bits per heavy atom. The Bertz CT molecular complexity index is 427. The predicted molar refractivity (Wildman–Crippen MR) is 71.6 cm³/mol. The maximum Gasteiger partial charge on any atom is 0.495 e. The monoisotopic (exact) mass is 251 g/mol. The molecule has 91 valence electrons. The van der Waals surface area contributed by atoms with Crippen molar-refractivity contribution >= 4 is 24.2 Å². The van der Waals surface area contributed by atoms with Gasteiger partial charge < -0.3 is 9.31 Å². The molecule has 17 heavy (non-hydrogen) atoms. The molecular formula is C13H17BClO2. The van der Waals surface area contributed by atoms with Gasteiger partial charge >= 0.3 is 7.12 Å². The third kappa shape index (κ3) is 2.24. The van der Waals surface area contributed by atoms with E-state index in [0.717, 1.165) is 11.0 Å². The van der Waals surface area contributed by atoms with Gasteiger partial charge in [0, 0.05) is 5.02 Å². The van der Waals surface area contributed by atoms with Gasteiger partial charge in [0.2, 0.25) is 0 Å². The molecular weight excluding hydrogens is 234 g/mol. The van der Waals surface area contributed by atoms with Crippen molar-refractivity contribution in [2.24, 2.45) is 0 Å². The molecule has 1 heterocycles. The van der Waals surface area contributed by atoms with Crippen LogP contribution in [0.1, 0.15) is 33.3 Å². The lowest BCUT2D eigenvalue weighted by atomic mass is 9.76. The van der Waals surface area contributed by atoms with Crippen LogP contribution in [0.3, 0.4) is 0 Å². The highest BCUT2D eigenvalue weighted by Crippen LogP contribution is 2.36. The van der Waals surface area contributed by atoms with Gasteiger partial charge in [-0.25, -0.2) is 0 Å². The van der Waals surface area contributed by atoms with E-state index in [-0.39, 0.29) is 18.3 Å². The van der Waals surface area contributed by atoms with E-state index in [1.165, 1.54) is 0 Å². The summed E-state index contributed by atoms with van der Waals surface area (Å²) in [6.45, 7) is 12.1. The van der Waals surface area contributed by atoms with Gasteiger partial charge in [0.05, 0.1) is 11.2 Å². The summed E-state index contributed by atoms with van der Waals surface area (Å²) in [7, 11) is -0.371. The molecule has 0 aromatic heterocycles. The van der Waals surface area contributed by atoms with Crippen LogP contribution in [-0.4, -0.2) is 18.3 Å². The van der Waals surface area contributed by atoms with E-state index < -0.39 is 0 Å². The maximum atomic E-state index is 5.97. The molecule has 1 saturated heterocycles. The van der Waals surface area contributed by atoms with E-state index in [9.17, 15) is 0 Å². The molecule has 0 bridgehead atoms. The molecule has 0 atom stereocenters. The van der Waals surface area contributed by atoms with Crippen molar-refractivity contribution in [2.75, 3.05) is 0 Å². The second kappa shape index (κ2) is 4.01. The molecule has 0 amide bonds. The highest BCUT2D eigenvalue weighted by Gasteiger charge is 2.51. The molecule has 0 N–H and O–H groups in total. The van der Waals surface area contributed by atoms with Crippen LogP contribution in [0.5, 0.6) is 0 Å². The van der Waals surface area contributed by atoms with E-state index in [2.05, 4.69) is 6.92 Å². The van der Waals surface area contributed by atoms with Crippen molar-refractivity contribution in [3.8, 4) is 0 Å². The molecule has 1 aliphatic rings. The Balaban J connectivity index is 2.32. The minimum absolute atomic E-state index is 0.330. The summed E-state index contributed by atoms with van der Waals surface area (Å²) in [5, 5.41) is 0.676. The van der Waals surface area contributed by atoms with Crippen LogP contribution in [0, 0.1) is 6.92 Å². The van der Waals surface area contributed by atoms with Crippen LogP contribution in [0.15, 0.2) is 18.2 Å². The number of rotatable bonds is 1. The molecule has 1 radical (unpaired) electrons. The molecule has 1 aromatic rings. The zero-order valence-corrected chi connectivity index (χ0v) is 11.5. The molecule has 0 spiro atoms. The highest BCUT2D eigenvalue weighted by molar-refractivity contribution is 6.62. The van der Waals surface area contributed by atoms with Gasteiger partial charge in [-0.05, 0) is 57.8 Å². The molecule has 0 unspecified atom stereocenters. The third-order valence-electron chi connectivity index (χ3n) is 3.61. The lowest BCUT2D eigenvalue weighted by molar-refractivity contribution is 0.00578. The average molecular weight is 252 g/mol. The van der Waals surface area contributed by atoms with Crippen molar-refractivity contribution in [3.63, 3.8) is 0 Å². The quantitative estimate of drug-likeness (QED) is 0.715. The van der Waals surface area contributed by atoms with E-state index in [1.807, 2.05) is 45.9 Å². The first-order valence-electron chi connectivity index (χ1n) is 5.70. The van der Waals surface area contributed by atoms with Gasteiger partial charge in [-0.3, -0.25) is 0 Å². The van der Waals surface area contributed by atoms with Gasteiger partial charge in [0.15, 0.2) is 0 Å². The molecule has 1 aromatic carbocycles. The van der Waals surface area contributed by atoms with E-state index >= 15 is 0 Å². The van der Waals surface area contributed by atoms with Gasteiger partial charge in [0.1, 0.15) is 0 Å². The van der Waals surface area contributed by atoms with Crippen LogP contribution in [0.2, 0.25) is 5.02 Å². The molecule has 2 rings (SSSR count). The first-order chi connectivity index (χ1) is 7.73. The second-order valence-electron chi connectivity index (χ2n) is 5.43. The Hall–Kier alpha value is -0.505. The lowest BCUT2D eigenvalue weighted by Crippen LogP contribution is -2.41. The Labute approximate surface area is 108 Å². The van der Waals surface area contributed by atoms with Gasteiger partial charge in [-0.2, -0.15) is 0 Å². The average Bonchev–Trinajstić information content (AvgIpc) is 2.35. The van der Waals surface area contributed by atoms with Crippen LogP contribution < -0.4 is 5.46 Å². The SMILES string of the molecule is [CH2]c1cc(Cl)ccc1B1OC(C)(C)C(C)(C)O1. The first-order valence-corrected chi connectivity index (χ1v) is 6.08. The smallest absolute Gasteiger partial charge is 0.399 e. The standard InChI is InChI=1S/C13H17BClO2/c1-9-8-10(15)6-7-11(9)14-16-12(2,3)13(4,5)17-14/h6-8H,1H2,2-5H3. The van der Waals surface area contributed by atoms with E-state index in [0.29, 0.717) is 5.02 Å². The summed E-state index contributed by atoms with van der Waals surface area (Å²) in [5.41, 5.74) is 1.12. The summed E-state index contributed by atoms with van der Waals surface area (Å²) < 4.78 is 11.9. The van der Waals surface area contributed by atoms with Crippen molar-refractivity contribution in [2.45, 2.75) is 38.9 Å². The summed E-state index contributed by atoms with van der Waals surface area (Å²) in [6, 6.07) is 5.56. The normalized spacial score (nSPS) is 21.9. The Morgan fingerprint density at radius 3 is 2.12 bits per heavy atom. The summed E-state index contributed by atoms with van der Waals surface area (Å²) in [6.07, 6.45) is 0. The minimum Gasteiger partial charge on any atom is -0.399 e. The van der Waals surface area contributed by atoms with Crippen LogP contribution >= 0.6 is 11.6 Å². The fourth-order valence-corrected chi connectivity index (χ4v) is 1.97. The lowest BCUT2D eigenvalue weighted by Gasteiger charge is -2.32. The molecule has 0 saturated carbocycles. The van der Waals surface area contributed by atoms with E-state index in [1.54, 1.807) is 0 Å². The van der Waals surface area contributed by atoms with Gasteiger partial charge in [-0.1, -0.05) is 17.7 Å². The van der Waals surface area contributed by atoms with Crippen molar-refractivity contribution in [3.05, 3.63) is 35.7 Å². The van der Waals surface area contributed by atoms with Crippen molar-refractivity contribution < 1.29 is 9.31 Å². The largest absolute Gasteiger partial charge is 0.495 e. The zero-order valence-electron chi connectivity index (χ0n) is 10.7. The number of halogens is 1. The molecule has 4 heteroatoms. The second-order valence-corrected chi connectivity index (χ2v) is 5.87. The predicted octanol–water partition coefficient (Wildman–Crippen LogP) is 2.82. The summed E-state index contributed by atoms with van der Waals surface area (Å²) >= 11 is 5.91. The van der Waals surface area contributed by atoms with Gasteiger partial charge in [-0.15, -0.1) is 0 Å². The fourth-order valence-electron chi connectivity index (χ4n) is 1.77. The number of hydrogen-bond acceptors (Lipinski definition) is 2. The van der Waals surface area contributed by atoms with Crippen molar-refractivity contribution in [1.29, 1.82) is 0 Å². The molecule has 1 fully saturated rings. The Kier molecular flexibility index (Phi) is 3.05. The number of benzene rings is 1. The molecule has 0 aliphatic carbocycles. The van der Waals surface area contributed by atoms with Crippen LogP contribution in [-0.2, 0) is 9.31 Å². The first kappa shape index (κ1) is 12.9. The summed E-state index contributed by atoms with van der Waals surface area (Å²) in [5.74, 6) is 0. The van der Waals surface area contributed by atoms with Crippen molar-refractivity contribution in [1.82, 2.24) is 0 Å². The minimum atomic E-state index is -0.371. The third-order valence-corrected chi connectivity index (χ3v) is 3.85. The summed E-state index contributed by atoms with van der Waals surface area (Å²) in [4.78, 5) is 0. The molecule has 2 nitrogen and oxygen atoms in total. The zero-order chi connectivity index (χ0) is 12.8. The number of hydrogen-bond donors (Lipinski definition) is 0. The van der Waals surface area contributed by atoms with Gasteiger partial charge in [0.25, 0.3) is 0 Å². The molecule has 1 aliphatic heterocycles.